The van der Waals surface area contributed by atoms with Gasteiger partial charge in [0, 0.05) is 0 Å². The Bertz CT molecular complexity index is 685. The van der Waals surface area contributed by atoms with Crippen molar-refractivity contribution < 1.29 is 13.9 Å². The average Bonchev–Trinajstić information content (AvgIpc) is 2.54. The second-order valence-electron chi connectivity index (χ2n) is 5.59. The van der Waals surface area contributed by atoms with Crippen molar-refractivity contribution in [2.24, 2.45) is 0 Å². The zero-order valence-corrected chi connectivity index (χ0v) is 13.7. The molecule has 2 rings (SSSR count). The molecule has 0 aliphatic carbocycles. The molecule has 0 saturated carbocycles. The monoisotopic (exact) mass is 315 g/mol. The van der Waals surface area contributed by atoms with Crippen molar-refractivity contribution >= 4 is 5.91 Å². The van der Waals surface area contributed by atoms with Gasteiger partial charge in [0.1, 0.15) is 0 Å². The summed E-state index contributed by atoms with van der Waals surface area (Å²) in [5.74, 6) is -0.651. The van der Waals surface area contributed by atoms with E-state index >= 15 is 0 Å². The summed E-state index contributed by atoms with van der Waals surface area (Å²) < 4.78 is 18.7. The van der Waals surface area contributed by atoms with E-state index in [4.69, 9.17) is 4.74 Å². The van der Waals surface area contributed by atoms with Crippen LogP contribution in [0.4, 0.5) is 4.39 Å². The van der Waals surface area contributed by atoms with E-state index in [1.807, 2.05) is 13.0 Å². The van der Waals surface area contributed by atoms with Crippen molar-refractivity contribution in [3.05, 3.63) is 65.0 Å². The van der Waals surface area contributed by atoms with Gasteiger partial charge in [-0.3, -0.25) is 4.79 Å². The van der Waals surface area contributed by atoms with Gasteiger partial charge in [0.2, 0.25) is 0 Å². The van der Waals surface area contributed by atoms with E-state index in [2.05, 4.69) is 31.3 Å². The molecule has 2 aromatic carbocycles. The highest BCUT2D eigenvalue weighted by Gasteiger charge is 2.14. The minimum atomic E-state index is -0.471. The van der Waals surface area contributed by atoms with E-state index in [0.29, 0.717) is 0 Å². The maximum atomic E-state index is 13.5. The highest BCUT2D eigenvalue weighted by molar-refractivity contribution is 5.78. The molecule has 0 heterocycles. The number of carbonyl (C=O) groups excluding carboxylic acids is 1. The summed E-state index contributed by atoms with van der Waals surface area (Å²) in [5.41, 5.74) is 3.48. The molecule has 1 amide bonds. The number of ether oxygens (including phenoxy) is 1. The standard InChI is InChI=1S/C19H22FNO2/c1-4-17(15-10-9-13(2)14(3)11-15)21-19(22)12-23-18-8-6-5-7-16(18)20/h5-11,17H,4,12H2,1-3H3,(H,21,22)/t17-/m1/s1. The van der Waals surface area contributed by atoms with Gasteiger partial charge in [0.15, 0.2) is 18.2 Å². The van der Waals surface area contributed by atoms with Crippen LogP contribution in [-0.4, -0.2) is 12.5 Å². The summed E-state index contributed by atoms with van der Waals surface area (Å²) >= 11 is 0. The number of aryl methyl sites for hydroxylation is 2. The van der Waals surface area contributed by atoms with Gasteiger partial charge in [-0.1, -0.05) is 37.3 Å². The Labute approximate surface area is 136 Å². The number of para-hydroxylation sites is 1. The van der Waals surface area contributed by atoms with Gasteiger partial charge in [0.05, 0.1) is 6.04 Å². The van der Waals surface area contributed by atoms with Crippen LogP contribution < -0.4 is 10.1 Å². The van der Waals surface area contributed by atoms with E-state index in [-0.39, 0.29) is 24.3 Å². The van der Waals surface area contributed by atoms with Crippen molar-refractivity contribution in [3.63, 3.8) is 0 Å². The Morgan fingerprint density at radius 2 is 1.91 bits per heavy atom. The second kappa shape index (κ2) is 7.77. The lowest BCUT2D eigenvalue weighted by Crippen LogP contribution is -2.32. The van der Waals surface area contributed by atoms with Crippen LogP contribution in [0.25, 0.3) is 0 Å². The third-order valence-electron chi connectivity index (χ3n) is 3.87. The van der Waals surface area contributed by atoms with Crippen molar-refractivity contribution in [3.8, 4) is 5.75 Å². The largest absolute Gasteiger partial charge is 0.481 e. The molecule has 0 radical (unpaired) electrons. The quantitative estimate of drug-likeness (QED) is 0.872. The Hall–Kier alpha value is -2.36. The van der Waals surface area contributed by atoms with Gasteiger partial charge in [-0.05, 0) is 49.1 Å². The lowest BCUT2D eigenvalue weighted by Gasteiger charge is -2.19. The van der Waals surface area contributed by atoms with E-state index < -0.39 is 5.82 Å². The Morgan fingerprint density at radius 3 is 2.57 bits per heavy atom. The average molecular weight is 315 g/mol. The maximum absolute atomic E-state index is 13.5. The van der Waals surface area contributed by atoms with Gasteiger partial charge >= 0.3 is 0 Å². The molecule has 0 aliphatic heterocycles. The van der Waals surface area contributed by atoms with Crippen LogP contribution in [0.2, 0.25) is 0 Å². The fourth-order valence-corrected chi connectivity index (χ4v) is 2.34. The van der Waals surface area contributed by atoms with Gasteiger partial charge in [-0.2, -0.15) is 0 Å². The van der Waals surface area contributed by atoms with Crippen molar-refractivity contribution in [1.82, 2.24) is 5.32 Å². The number of rotatable bonds is 6. The van der Waals surface area contributed by atoms with Gasteiger partial charge in [-0.25, -0.2) is 4.39 Å². The molecule has 0 unspecified atom stereocenters. The predicted octanol–water partition coefficient (Wildman–Crippen LogP) is 4.09. The number of amides is 1. The van der Waals surface area contributed by atoms with Crippen LogP contribution in [-0.2, 0) is 4.79 Å². The maximum Gasteiger partial charge on any atom is 0.258 e. The fraction of sp³-hybridized carbons (Fsp3) is 0.316. The van der Waals surface area contributed by atoms with Crippen LogP contribution in [0.5, 0.6) is 5.75 Å². The summed E-state index contributed by atoms with van der Waals surface area (Å²) in [4.78, 5) is 12.1. The summed E-state index contributed by atoms with van der Waals surface area (Å²) in [6, 6.07) is 12.1. The van der Waals surface area contributed by atoms with E-state index in [1.165, 1.54) is 23.3 Å². The highest BCUT2D eigenvalue weighted by Crippen LogP contribution is 2.20. The first-order valence-corrected chi connectivity index (χ1v) is 7.75. The predicted molar refractivity (Wildman–Crippen MR) is 89.0 cm³/mol. The van der Waals surface area contributed by atoms with E-state index in [0.717, 1.165) is 12.0 Å². The lowest BCUT2D eigenvalue weighted by molar-refractivity contribution is -0.123. The number of carbonyl (C=O) groups is 1. The molecule has 0 aliphatic rings. The first-order chi connectivity index (χ1) is 11.0. The van der Waals surface area contributed by atoms with E-state index in [1.54, 1.807) is 12.1 Å². The molecule has 23 heavy (non-hydrogen) atoms. The Balaban J connectivity index is 1.97. The molecule has 122 valence electrons. The molecule has 3 nitrogen and oxygen atoms in total. The van der Waals surface area contributed by atoms with Crippen molar-refractivity contribution in [1.29, 1.82) is 0 Å². The molecular weight excluding hydrogens is 293 g/mol. The van der Waals surface area contributed by atoms with Crippen LogP contribution in [0, 0.1) is 19.7 Å². The molecular formula is C19H22FNO2. The molecule has 0 bridgehead atoms. The summed E-state index contributed by atoms with van der Waals surface area (Å²) in [6.45, 7) is 5.91. The van der Waals surface area contributed by atoms with Gasteiger partial charge in [0.25, 0.3) is 5.91 Å². The smallest absolute Gasteiger partial charge is 0.258 e. The molecule has 0 fully saturated rings. The molecule has 4 heteroatoms. The number of hydrogen-bond donors (Lipinski definition) is 1. The van der Waals surface area contributed by atoms with Crippen molar-refractivity contribution in [2.75, 3.05) is 6.61 Å². The first-order valence-electron chi connectivity index (χ1n) is 7.75. The van der Waals surface area contributed by atoms with E-state index in [9.17, 15) is 9.18 Å². The Kier molecular flexibility index (Phi) is 5.74. The minimum absolute atomic E-state index is 0.0778. The molecule has 1 atom stereocenters. The molecule has 0 saturated heterocycles. The van der Waals surface area contributed by atoms with Gasteiger partial charge < -0.3 is 10.1 Å². The molecule has 2 aromatic rings. The second-order valence-corrected chi connectivity index (χ2v) is 5.59. The normalized spacial score (nSPS) is 11.8. The van der Waals surface area contributed by atoms with Crippen LogP contribution in [0.1, 0.15) is 36.1 Å². The lowest BCUT2D eigenvalue weighted by atomic mass is 9.99. The SMILES string of the molecule is CC[C@@H](NC(=O)COc1ccccc1F)c1ccc(C)c(C)c1. The fourth-order valence-electron chi connectivity index (χ4n) is 2.34. The number of benzene rings is 2. The van der Waals surface area contributed by atoms with Crippen LogP contribution in [0.3, 0.4) is 0 Å². The van der Waals surface area contributed by atoms with Crippen molar-refractivity contribution in [2.45, 2.75) is 33.2 Å². The molecule has 0 aromatic heterocycles. The Morgan fingerprint density at radius 1 is 1.17 bits per heavy atom. The van der Waals surface area contributed by atoms with Crippen LogP contribution in [0.15, 0.2) is 42.5 Å². The number of hydrogen-bond acceptors (Lipinski definition) is 2. The third kappa shape index (κ3) is 4.55. The number of nitrogens with one attached hydrogen (secondary N) is 1. The summed E-state index contributed by atoms with van der Waals surface area (Å²) in [7, 11) is 0. The number of halogens is 1. The zero-order valence-electron chi connectivity index (χ0n) is 13.7. The van der Waals surface area contributed by atoms with Crippen LogP contribution >= 0.6 is 0 Å². The summed E-state index contributed by atoms with van der Waals surface area (Å²) in [5, 5.41) is 2.93. The molecule has 0 spiro atoms. The zero-order chi connectivity index (χ0) is 16.8. The molecule has 1 N–H and O–H groups in total. The highest BCUT2D eigenvalue weighted by atomic mass is 19.1. The topological polar surface area (TPSA) is 38.3 Å². The third-order valence-corrected chi connectivity index (χ3v) is 3.87. The summed E-state index contributed by atoms with van der Waals surface area (Å²) in [6.07, 6.45) is 0.772. The first kappa shape index (κ1) is 17.0. The van der Waals surface area contributed by atoms with Gasteiger partial charge in [-0.15, -0.1) is 0 Å². The minimum Gasteiger partial charge on any atom is -0.481 e.